The van der Waals surface area contributed by atoms with E-state index in [1.807, 2.05) is 35.3 Å². The van der Waals surface area contributed by atoms with Crippen molar-refractivity contribution in [2.75, 3.05) is 7.11 Å². The van der Waals surface area contributed by atoms with Crippen LogP contribution in [0.25, 0.3) is 0 Å². The second-order valence-electron chi connectivity index (χ2n) is 7.25. The van der Waals surface area contributed by atoms with Gasteiger partial charge in [0.2, 0.25) is 6.23 Å². The Morgan fingerprint density at radius 2 is 1.90 bits per heavy atom. The summed E-state index contributed by atoms with van der Waals surface area (Å²) in [5, 5.41) is 27.3. The molecule has 5 rings (SSSR count). The lowest BCUT2D eigenvalue weighted by Crippen LogP contribution is -2.33. The molecule has 2 atom stereocenters. The first-order valence-electron chi connectivity index (χ1n) is 9.52. The topological polar surface area (TPSA) is 74.5 Å². The maximum Gasteiger partial charge on any atom is 0.214 e. The van der Waals surface area contributed by atoms with Gasteiger partial charge < -0.3 is 19.7 Å². The highest BCUT2D eigenvalue weighted by Crippen LogP contribution is 2.51. The van der Waals surface area contributed by atoms with Crippen molar-refractivity contribution in [3.05, 3.63) is 82.4 Å². The number of phenolic OH excluding ortho intramolecular Hbond substituents is 2. The Morgan fingerprint density at radius 1 is 1.10 bits per heavy atom. The van der Waals surface area contributed by atoms with Crippen molar-refractivity contribution >= 4 is 17.3 Å². The number of hydrazone groups is 1. The number of fused-ring (bicyclic) bond motifs is 3. The molecule has 0 spiro atoms. The number of methoxy groups -OCH3 is 1. The highest BCUT2D eigenvalue weighted by atomic mass is 35.5. The van der Waals surface area contributed by atoms with Crippen LogP contribution >= 0.6 is 11.6 Å². The highest BCUT2D eigenvalue weighted by Gasteiger charge is 2.42. The smallest absolute Gasteiger partial charge is 0.214 e. The zero-order valence-corrected chi connectivity index (χ0v) is 16.9. The van der Waals surface area contributed by atoms with E-state index in [4.69, 9.17) is 26.2 Å². The van der Waals surface area contributed by atoms with Crippen LogP contribution in [0.15, 0.2) is 65.8 Å². The Labute approximate surface area is 178 Å². The summed E-state index contributed by atoms with van der Waals surface area (Å²) in [6, 6.07) is 17.5. The van der Waals surface area contributed by atoms with Crippen LogP contribution in [-0.2, 0) is 0 Å². The maximum absolute atomic E-state index is 10.4. The Morgan fingerprint density at radius 3 is 2.67 bits per heavy atom. The first kappa shape index (κ1) is 18.6. The molecule has 7 heteroatoms. The van der Waals surface area contributed by atoms with Gasteiger partial charge in [-0.2, -0.15) is 5.10 Å². The van der Waals surface area contributed by atoms with Gasteiger partial charge in [-0.25, -0.2) is 5.01 Å². The molecular formula is C23H19ClN2O4. The van der Waals surface area contributed by atoms with E-state index < -0.39 is 6.23 Å². The quantitative estimate of drug-likeness (QED) is 0.621. The van der Waals surface area contributed by atoms with Crippen LogP contribution in [0.2, 0.25) is 5.02 Å². The van der Waals surface area contributed by atoms with Gasteiger partial charge in [-0.1, -0.05) is 23.7 Å². The van der Waals surface area contributed by atoms with E-state index in [2.05, 4.69) is 0 Å². The molecule has 2 heterocycles. The van der Waals surface area contributed by atoms with E-state index >= 15 is 0 Å². The van der Waals surface area contributed by atoms with Gasteiger partial charge in [-0.05, 0) is 48.5 Å². The van der Waals surface area contributed by atoms with Crippen LogP contribution in [0.1, 0.15) is 35.4 Å². The van der Waals surface area contributed by atoms with E-state index in [1.165, 1.54) is 0 Å². The van der Waals surface area contributed by atoms with Crippen LogP contribution in [0, 0.1) is 0 Å². The molecule has 2 aliphatic heterocycles. The zero-order valence-electron chi connectivity index (χ0n) is 16.1. The molecule has 152 valence electrons. The molecular weight excluding hydrogens is 404 g/mol. The SMILES string of the molecule is COc1cccc2c1O[C@@H](c1ccc(O)cc1)N1N=C(c3cc(Cl)ccc3O)C[C@H]21. The number of ether oxygens (including phenoxy) is 2. The summed E-state index contributed by atoms with van der Waals surface area (Å²) in [4.78, 5) is 0. The third-order valence-electron chi connectivity index (χ3n) is 5.45. The largest absolute Gasteiger partial charge is 0.508 e. The van der Waals surface area contributed by atoms with Gasteiger partial charge in [-0.15, -0.1) is 0 Å². The first-order chi connectivity index (χ1) is 14.5. The number of benzene rings is 3. The Balaban J connectivity index is 1.64. The molecule has 0 unspecified atom stereocenters. The number of hydrogen-bond donors (Lipinski definition) is 2. The molecule has 3 aromatic carbocycles. The third-order valence-corrected chi connectivity index (χ3v) is 5.68. The van der Waals surface area contributed by atoms with Gasteiger partial charge >= 0.3 is 0 Å². The fraction of sp³-hybridized carbons (Fsp3) is 0.174. The predicted molar refractivity (Wildman–Crippen MR) is 113 cm³/mol. The second-order valence-corrected chi connectivity index (χ2v) is 7.68. The van der Waals surface area contributed by atoms with Crippen LogP contribution in [-0.4, -0.2) is 28.0 Å². The maximum atomic E-state index is 10.4. The Bertz CT molecular complexity index is 1150. The van der Waals surface area contributed by atoms with E-state index in [1.54, 1.807) is 37.4 Å². The van der Waals surface area contributed by atoms with E-state index in [0.29, 0.717) is 28.5 Å². The van der Waals surface area contributed by atoms with Gasteiger partial charge in [-0.3, -0.25) is 0 Å². The number of hydrogen-bond acceptors (Lipinski definition) is 6. The second kappa shape index (κ2) is 7.15. The average Bonchev–Trinajstić information content (AvgIpc) is 3.20. The highest BCUT2D eigenvalue weighted by molar-refractivity contribution is 6.31. The molecule has 0 amide bonds. The van der Waals surface area contributed by atoms with Crippen molar-refractivity contribution in [3.63, 3.8) is 0 Å². The molecule has 0 saturated heterocycles. The van der Waals surface area contributed by atoms with Crippen molar-refractivity contribution in [2.45, 2.75) is 18.7 Å². The molecule has 0 aliphatic carbocycles. The van der Waals surface area contributed by atoms with Crippen molar-refractivity contribution in [3.8, 4) is 23.0 Å². The fourth-order valence-corrected chi connectivity index (χ4v) is 4.18. The molecule has 0 saturated carbocycles. The summed E-state index contributed by atoms with van der Waals surface area (Å²) in [5.74, 6) is 1.63. The number of nitrogens with zero attached hydrogens (tertiary/aromatic N) is 2. The predicted octanol–water partition coefficient (Wildman–Crippen LogP) is 5.00. The zero-order chi connectivity index (χ0) is 20.8. The first-order valence-corrected chi connectivity index (χ1v) is 9.90. The minimum Gasteiger partial charge on any atom is -0.508 e. The molecule has 3 aromatic rings. The van der Waals surface area contributed by atoms with Gasteiger partial charge in [0.15, 0.2) is 11.5 Å². The molecule has 0 fully saturated rings. The summed E-state index contributed by atoms with van der Waals surface area (Å²) >= 11 is 6.16. The molecule has 0 bridgehead atoms. The normalized spacial score (nSPS) is 19.5. The number of aromatic hydroxyl groups is 2. The summed E-state index contributed by atoms with van der Waals surface area (Å²) in [6.45, 7) is 0. The summed E-state index contributed by atoms with van der Waals surface area (Å²) in [5.41, 5.74) is 3.13. The van der Waals surface area contributed by atoms with Crippen LogP contribution < -0.4 is 9.47 Å². The van der Waals surface area contributed by atoms with Gasteiger partial charge in [0.05, 0.1) is 18.9 Å². The molecule has 0 radical (unpaired) electrons. The van der Waals surface area contributed by atoms with Crippen molar-refractivity contribution in [2.24, 2.45) is 5.10 Å². The Hall–Kier alpha value is -3.38. The number of phenols is 2. The number of para-hydroxylation sites is 1. The van der Waals surface area contributed by atoms with E-state index in [-0.39, 0.29) is 17.5 Å². The lowest BCUT2D eigenvalue weighted by molar-refractivity contribution is -0.0209. The summed E-state index contributed by atoms with van der Waals surface area (Å²) < 4.78 is 11.9. The van der Waals surface area contributed by atoms with Crippen molar-refractivity contribution in [1.82, 2.24) is 5.01 Å². The molecule has 6 nitrogen and oxygen atoms in total. The Kier molecular flexibility index (Phi) is 4.44. The van der Waals surface area contributed by atoms with Crippen molar-refractivity contribution in [1.29, 1.82) is 0 Å². The van der Waals surface area contributed by atoms with Gasteiger partial charge in [0.1, 0.15) is 11.5 Å². The number of halogens is 1. The molecule has 2 aliphatic rings. The van der Waals surface area contributed by atoms with E-state index in [0.717, 1.165) is 16.8 Å². The summed E-state index contributed by atoms with van der Waals surface area (Å²) in [7, 11) is 1.61. The van der Waals surface area contributed by atoms with Crippen LogP contribution in [0.3, 0.4) is 0 Å². The van der Waals surface area contributed by atoms with Crippen LogP contribution in [0.5, 0.6) is 23.0 Å². The fourth-order valence-electron chi connectivity index (χ4n) is 4.01. The third kappa shape index (κ3) is 3.00. The lowest BCUT2D eigenvalue weighted by atomic mass is 9.95. The molecule has 0 aromatic heterocycles. The average molecular weight is 423 g/mol. The minimum atomic E-state index is -0.516. The number of rotatable bonds is 3. The minimum absolute atomic E-state index is 0.101. The molecule has 30 heavy (non-hydrogen) atoms. The lowest BCUT2D eigenvalue weighted by Gasteiger charge is -2.38. The monoisotopic (exact) mass is 422 g/mol. The van der Waals surface area contributed by atoms with Crippen molar-refractivity contribution < 1.29 is 19.7 Å². The summed E-state index contributed by atoms with van der Waals surface area (Å²) in [6.07, 6.45) is 0.0599. The molecule has 2 N–H and O–H groups in total. The van der Waals surface area contributed by atoms with Gasteiger partial charge in [0, 0.05) is 28.1 Å². The van der Waals surface area contributed by atoms with Gasteiger partial charge in [0.25, 0.3) is 0 Å². The standard InChI is InChI=1S/C23H19ClN2O4/c1-29-21-4-2-3-16-19-12-18(17-11-14(24)7-10-20(17)28)25-26(19)23(30-22(16)21)13-5-8-15(27)9-6-13/h2-11,19,23,27-28H,12H2,1H3/t19-,23+/m1/s1. The van der Waals surface area contributed by atoms with Crippen LogP contribution in [0.4, 0.5) is 0 Å². The van der Waals surface area contributed by atoms with E-state index in [9.17, 15) is 10.2 Å².